The van der Waals surface area contributed by atoms with Crippen molar-refractivity contribution in [3.8, 4) is 5.75 Å². The number of rotatable bonds is 2. The SMILES string of the molecule is CC(C)[C@@H](N)c1c(O)ccc2ccccc12. The summed E-state index contributed by atoms with van der Waals surface area (Å²) in [7, 11) is 0. The van der Waals surface area contributed by atoms with Crippen LogP contribution in [0.5, 0.6) is 5.75 Å². The molecular weight excluding hydrogens is 198 g/mol. The molecule has 0 aliphatic carbocycles. The molecular formula is C14H17NO. The number of aromatic hydroxyl groups is 1. The molecule has 0 spiro atoms. The molecule has 2 nitrogen and oxygen atoms in total. The van der Waals surface area contributed by atoms with Gasteiger partial charge in [0.05, 0.1) is 0 Å². The van der Waals surface area contributed by atoms with E-state index < -0.39 is 0 Å². The number of hydrogen-bond acceptors (Lipinski definition) is 2. The van der Waals surface area contributed by atoms with E-state index in [1.807, 2.05) is 30.3 Å². The fraction of sp³-hybridized carbons (Fsp3) is 0.286. The highest BCUT2D eigenvalue weighted by Gasteiger charge is 2.17. The first kappa shape index (κ1) is 11.0. The van der Waals surface area contributed by atoms with E-state index >= 15 is 0 Å². The number of phenolic OH excluding ortho intramolecular Hbond substituents is 1. The van der Waals surface area contributed by atoms with Crippen LogP contribution >= 0.6 is 0 Å². The van der Waals surface area contributed by atoms with Crippen molar-refractivity contribution in [2.45, 2.75) is 19.9 Å². The van der Waals surface area contributed by atoms with Crippen molar-refractivity contribution < 1.29 is 5.11 Å². The molecule has 0 bridgehead atoms. The Hall–Kier alpha value is -1.54. The van der Waals surface area contributed by atoms with Crippen LogP contribution in [-0.4, -0.2) is 5.11 Å². The molecule has 0 fully saturated rings. The second-order valence-corrected chi connectivity index (χ2v) is 4.49. The highest BCUT2D eigenvalue weighted by molar-refractivity contribution is 5.88. The summed E-state index contributed by atoms with van der Waals surface area (Å²) in [5, 5.41) is 12.1. The molecule has 0 radical (unpaired) electrons. The molecule has 16 heavy (non-hydrogen) atoms. The summed E-state index contributed by atoms with van der Waals surface area (Å²) in [6.45, 7) is 4.12. The summed E-state index contributed by atoms with van der Waals surface area (Å²) < 4.78 is 0. The topological polar surface area (TPSA) is 46.2 Å². The van der Waals surface area contributed by atoms with Crippen LogP contribution in [-0.2, 0) is 0 Å². The van der Waals surface area contributed by atoms with Gasteiger partial charge in [0.25, 0.3) is 0 Å². The maximum atomic E-state index is 9.95. The Morgan fingerprint density at radius 3 is 2.44 bits per heavy atom. The van der Waals surface area contributed by atoms with Crippen molar-refractivity contribution in [1.29, 1.82) is 0 Å². The van der Waals surface area contributed by atoms with E-state index in [0.717, 1.165) is 16.3 Å². The molecule has 0 saturated heterocycles. The fourth-order valence-corrected chi connectivity index (χ4v) is 1.97. The summed E-state index contributed by atoms with van der Waals surface area (Å²) in [5.41, 5.74) is 7.00. The van der Waals surface area contributed by atoms with Crippen molar-refractivity contribution in [3.63, 3.8) is 0 Å². The molecule has 1 atom stereocenters. The van der Waals surface area contributed by atoms with Crippen molar-refractivity contribution in [3.05, 3.63) is 42.0 Å². The standard InChI is InChI=1S/C14H17NO/c1-9(2)14(15)13-11-6-4-3-5-10(11)7-8-12(13)16/h3-9,14,16H,15H2,1-2H3/t14-/m1/s1. The van der Waals surface area contributed by atoms with Gasteiger partial charge < -0.3 is 10.8 Å². The summed E-state index contributed by atoms with van der Waals surface area (Å²) in [6, 6.07) is 11.5. The third kappa shape index (κ3) is 1.76. The Balaban J connectivity index is 2.70. The predicted octanol–water partition coefficient (Wildman–Crippen LogP) is 3.20. The minimum atomic E-state index is -0.133. The molecule has 2 rings (SSSR count). The minimum Gasteiger partial charge on any atom is -0.508 e. The van der Waals surface area contributed by atoms with Gasteiger partial charge >= 0.3 is 0 Å². The third-order valence-corrected chi connectivity index (χ3v) is 3.00. The molecule has 0 aliphatic rings. The number of fused-ring (bicyclic) bond motifs is 1. The summed E-state index contributed by atoms with van der Waals surface area (Å²) in [6.07, 6.45) is 0. The number of nitrogens with two attached hydrogens (primary N) is 1. The van der Waals surface area contributed by atoms with Gasteiger partial charge in [0.15, 0.2) is 0 Å². The van der Waals surface area contributed by atoms with Crippen molar-refractivity contribution in [1.82, 2.24) is 0 Å². The first-order valence-corrected chi connectivity index (χ1v) is 5.57. The maximum Gasteiger partial charge on any atom is 0.120 e. The van der Waals surface area contributed by atoms with Crippen LogP contribution in [0.4, 0.5) is 0 Å². The van der Waals surface area contributed by atoms with Gasteiger partial charge in [0.1, 0.15) is 5.75 Å². The van der Waals surface area contributed by atoms with Crippen LogP contribution in [0.25, 0.3) is 10.8 Å². The molecule has 0 heterocycles. The zero-order chi connectivity index (χ0) is 11.7. The van der Waals surface area contributed by atoms with E-state index in [4.69, 9.17) is 5.73 Å². The maximum absolute atomic E-state index is 9.95. The molecule has 2 heteroatoms. The molecule has 2 aromatic carbocycles. The van der Waals surface area contributed by atoms with E-state index in [0.29, 0.717) is 11.7 Å². The fourth-order valence-electron chi connectivity index (χ4n) is 1.97. The summed E-state index contributed by atoms with van der Waals surface area (Å²) in [5.74, 6) is 0.594. The van der Waals surface area contributed by atoms with Gasteiger partial charge in [0, 0.05) is 11.6 Å². The van der Waals surface area contributed by atoms with Gasteiger partial charge in [-0.3, -0.25) is 0 Å². The van der Waals surface area contributed by atoms with Gasteiger partial charge in [-0.25, -0.2) is 0 Å². The second-order valence-electron chi connectivity index (χ2n) is 4.49. The smallest absolute Gasteiger partial charge is 0.120 e. The quantitative estimate of drug-likeness (QED) is 0.808. The number of benzene rings is 2. The van der Waals surface area contributed by atoms with Gasteiger partial charge in [-0.15, -0.1) is 0 Å². The van der Waals surface area contributed by atoms with E-state index in [2.05, 4.69) is 13.8 Å². The highest BCUT2D eigenvalue weighted by Crippen LogP contribution is 2.34. The first-order chi connectivity index (χ1) is 7.61. The van der Waals surface area contributed by atoms with Crippen LogP contribution < -0.4 is 5.73 Å². The zero-order valence-electron chi connectivity index (χ0n) is 9.64. The largest absolute Gasteiger partial charge is 0.508 e. The lowest BCUT2D eigenvalue weighted by molar-refractivity contribution is 0.442. The van der Waals surface area contributed by atoms with E-state index in [-0.39, 0.29) is 6.04 Å². The lowest BCUT2D eigenvalue weighted by Crippen LogP contribution is -2.17. The molecule has 3 N–H and O–H groups in total. The Bertz CT molecular complexity index is 505. The zero-order valence-corrected chi connectivity index (χ0v) is 9.64. The van der Waals surface area contributed by atoms with Crippen LogP contribution in [0.2, 0.25) is 0 Å². The minimum absolute atomic E-state index is 0.133. The summed E-state index contributed by atoms with van der Waals surface area (Å²) >= 11 is 0. The molecule has 0 amide bonds. The third-order valence-electron chi connectivity index (χ3n) is 3.00. The molecule has 84 valence electrons. The van der Waals surface area contributed by atoms with Crippen molar-refractivity contribution in [2.24, 2.45) is 11.7 Å². The van der Waals surface area contributed by atoms with Crippen LogP contribution in [0.3, 0.4) is 0 Å². The Kier molecular flexibility index (Phi) is 2.84. The lowest BCUT2D eigenvalue weighted by Gasteiger charge is -2.19. The van der Waals surface area contributed by atoms with Crippen molar-refractivity contribution in [2.75, 3.05) is 0 Å². The van der Waals surface area contributed by atoms with E-state index in [1.165, 1.54) is 0 Å². The average molecular weight is 215 g/mol. The van der Waals surface area contributed by atoms with E-state index in [9.17, 15) is 5.11 Å². The monoisotopic (exact) mass is 215 g/mol. The van der Waals surface area contributed by atoms with Crippen LogP contribution in [0.1, 0.15) is 25.5 Å². The molecule has 2 aromatic rings. The molecule has 0 unspecified atom stereocenters. The van der Waals surface area contributed by atoms with E-state index in [1.54, 1.807) is 6.07 Å². The van der Waals surface area contributed by atoms with Gasteiger partial charge in [-0.1, -0.05) is 44.2 Å². The molecule has 0 aromatic heterocycles. The molecule has 0 saturated carbocycles. The predicted molar refractivity (Wildman–Crippen MR) is 67.4 cm³/mol. The van der Waals surface area contributed by atoms with Crippen LogP contribution in [0.15, 0.2) is 36.4 Å². The Morgan fingerprint density at radius 2 is 1.75 bits per heavy atom. The number of phenols is 1. The second kappa shape index (κ2) is 4.14. The average Bonchev–Trinajstić information content (AvgIpc) is 2.28. The summed E-state index contributed by atoms with van der Waals surface area (Å²) in [4.78, 5) is 0. The normalized spacial score (nSPS) is 13.2. The highest BCUT2D eigenvalue weighted by atomic mass is 16.3. The number of hydrogen-bond donors (Lipinski definition) is 2. The lowest BCUT2D eigenvalue weighted by atomic mass is 9.91. The van der Waals surface area contributed by atoms with Gasteiger partial charge in [0.2, 0.25) is 0 Å². The van der Waals surface area contributed by atoms with Gasteiger partial charge in [-0.2, -0.15) is 0 Å². The van der Waals surface area contributed by atoms with Crippen LogP contribution in [0, 0.1) is 5.92 Å². The van der Waals surface area contributed by atoms with Crippen molar-refractivity contribution >= 4 is 10.8 Å². The van der Waals surface area contributed by atoms with Gasteiger partial charge in [-0.05, 0) is 22.8 Å². The molecule has 0 aliphatic heterocycles. The first-order valence-electron chi connectivity index (χ1n) is 5.57. The Labute approximate surface area is 95.7 Å². The Morgan fingerprint density at radius 1 is 1.06 bits per heavy atom.